The Labute approximate surface area is 185 Å². The highest BCUT2D eigenvalue weighted by atomic mass is 19.4. The molecule has 33 heavy (non-hydrogen) atoms. The number of halogens is 3. The zero-order valence-corrected chi connectivity index (χ0v) is 16.9. The maximum absolute atomic E-state index is 13.7. The molecule has 1 aliphatic rings. The molecule has 0 bridgehead atoms. The number of rotatable bonds is 6. The minimum Gasteiger partial charge on any atom is -0.481 e. The second-order valence-corrected chi connectivity index (χ2v) is 7.32. The first kappa shape index (κ1) is 22.0. The molecule has 1 heterocycles. The molecule has 168 valence electrons. The van der Waals surface area contributed by atoms with E-state index in [4.69, 9.17) is 19.8 Å². The van der Waals surface area contributed by atoms with E-state index >= 15 is 0 Å². The number of carboxylic acids is 1. The van der Waals surface area contributed by atoms with Crippen molar-refractivity contribution in [2.75, 3.05) is 0 Å². The number of hydrogen-bond acceptors (Lipinski definition) is 5. The van der Waals surface area contributed by atoms with E-state index in [0.717, 1.165) is 12.1 Å². The van der Waals surface area contributed by atoms with Crippen molar-refractivity contribution < 1.29 is 32.5 Å². The van der Waals surface area contributed by atoms with Crippen LogP contribution in [0.2, 0.25) is 0 Å². The third kappa shape index (κ3) is 4.98. The molecule has 0 amide bonds. The molecule has 0 spiro atoms. The van der Waals surface area contributed by atoms with Crippen LogP contribution in [0.5, 0.6) is 17.2 Å². The molecule has 4 rings (SSSR count). The van der Waals surface area contributed by atoms with Crippen molar-refractivity contribution >= 4 is 16.9 Å². The number of allylic oxidation sites excluding steroid dienone is 3. The third-order valence-corrected chi connectivity index (χ3v) is 4.92. The van der Waals surface area contributed by atoms with Crippen molar-refractivity contribution in [3.63, 3.8) is 0 Å². The predicted octanol–water partition coefficient (Wildman–Crippen LogP) is 5.56. The van der Waals surface area contributed by atoms with Crippen LogP contribution < -0.4 is 9.47 Å². The normalized spacial score (nSPS) is 15.7. The predicted molar refractivity (Wildman–Crippen MR) is 111 cm³/mol. The molecule has 1 aromatic heterocycles. The molecule has 10 heteroatoms. The molecule has 0 saturated heterocycles. The summed E-state index contributed by atoms with van der Waals surface area (Å²) in [6, 6.07) is 9.88. The molecule has 2 aromatic carbocycles. The fourth-order valence-corrected chi connectivity index (χ4v) is 3.44. The van der Waals surface area contributed by atoms with Gasteiger partial charge in [-0.1, -0.05) is 6.08 Å². The first-order chi connectivity index (χ1) is 15.7. The molecule has 0 aliphatic heterocycles. The number of nitrogens with one attached hydrogen (secondary N) is 1. The van der Waals surface area contributed by atoms with Crippen LogP contribution in [0.25, 0.3) is 10.9 Å². The van der Waals surface area contributed by atoms with Crippen molar-refractivity contribution in [1.29, 1.82) is 5.26 Å². The number of aromatic amines is 1. The second-order valence-electron chi connectivity index (χ2n) is 7.32. The lowest BCUT2D eigenvalue weighted by Crippen LogP contribution is -2.12. The summed E-state index contributed by atoms with van der Waals surface area (Å²) in [5.74, 6) is -1.50. The van der Waals surface area contributed by atoms with Crippen LogP contribution in [0.4, 0.5) is 13.2 Å². The number of nitriles is 1. The van der Waals surface area contributed by atoms with Gasteiger partial charge in [-0.2, -0.15) is 23.5 Å². The topological polar surface area (TPSA) is 108 Å². The van der Waals surface area contributed by atoms with Crippen molar-refractivity contribution in [3.05, 3.63) is 71.6 Å². The zero-order chi connectivity index (χ0) is 23.6. The van der Waals surface area contributed by atoms with Crippen molar-refractivity contribution in [1.82, 2.24) is 10.2 Å². The maximum Gasteiger partial charge on any atom is 0.420 e. The van der Waals surface area contributed by atoms with Gasteiger partial charge in [0.05, 0.1) is 11.9 Å². The summed E-state index contributed by atoms with van der Waals surface area (Å²) in [6.07, 6.45) is 0.268. The van der Waals surface area contributed by atoms with E-state index in [2.05, 4.69) is 10.2 Å². The van der Waals surface area contributed by atoms with E-state index in [0.29, 0.717) is 17.3 Å². The van der Waals surface area contributed by atoms with E-state index in [-0.39, 0.29) is 35.3 Å². The number of alkyl halides is 3. The number of aliphatic carboxylic acids is 1. The van der Waals surface area contributed by atoms with Crippen LogP contribution in [0.3, 0.4) is 0 Å². The quantitative estimate of drug-likeness (QED) is 0.504. The van der Waals surface area contributed by atoms with Gasteiger partial charge in [0.15, 0.2) is 5.69 Å². The first-order valence-corrected chi connectivity index (χ1v) is 9.78. The summed E-state index contributed by atoms with van der Waals surface area (Å²) in [5, 5.41) is 25.1. The summed E-state index contributed by atoms with van der Waals surface area (Å²) < 4.78 is 52.3. The highest BCUT2D eigenvalue weighted by Crippen LogP contribution is 2.40. The Kier molecular flexibility index (Phi) is 5.79. The summed E-state index contributed by atoms with van der Waals surface area (Å²) in [7, 11) is 0. The maximum atomic E-state index is 13.7. The van der Waals surface area contributed by atoms with Crippen molar-refractivity contribution in [2.45, 2.75) is 19.0 Å². The highest BCUT2D eigenvalue weighted by molar-refractivity contribution is 5.85. The van der Waals surface area contributed by atoms with E-state index < -0.39 is 23.5 Å². The van der Waals surface area contributed by atoms with E-state index in [1.165, 1.54) is 24.3 Å². The fraction of sp³-hybridized carbons (Fsp3) is 0.174. The Balaban J connectivity index is 1.61. The molecule has 1 unspecified atom stereocenters. The van der Waals surface area contributed by atoms with Crippen LogP contribution >= 0.6 is 0 Å². The van der Waals surface area contributed by atoms with Crippen molar-refractivity contribution in [2.24, 2.45) is 5.92 Å². The highest BCUT2D eigenvalue weighted by Gasteiger charge is 2.35. The number of aromatic nitrogens is 2. The molecule has 7 nitrogen and oxygen atoms in total. The van der Waals surface area contributed by atoms with Gasteiger partial charge in [0.1, 0.15) is 34.6 Å². The average Bonchev–Trinajstić information content (AvgIpc) is 3.16. The largest absolute Gasteiger partial charge is 0.481 e. The molecule has 1 aliphatic carbocycles. The molecule has 2 N–H and O–H groups in total. The van der Waals surface area contributed by atoms with E-state index in [1.807, 2.05) is 6.07 Å². The van der Waals surface area contributed by atoms with Gasteiger partial charge >= 0.3 is 12.1 Å². The Morgan fingerprint density at radius 3 is 2.70 bits per heavy atom. The van der Waals surface area contributed by atoms with Gasteiger partial charge in [0.2, 0.25) is 0 Å². The van der Waals surface area contributed by atoms with Gasteiger partial charge in [-0.3, -0.25) is 9.89 Å². The Morgan fingerprint density at radius 1 is 1.21 bits per heavy atom. The molecular formula is C23H16F3N3O4. The fourth-order valence-electron chi connectivity index (χ4n) is 3.44. The van der Waals surface area contributed by atoms with Gasteiger partial charge in [0.25, 0.3) is 0 Å². The number of carboxylic acid groups (broad SMARTS) is 1. The zero-order valence-electron chi connectivity index (χ0n) is 16.9. The van der Waals surface area contributed by atoms with E-state index in [1.54, 1.807) is 18.2 Å². The van der Waals surface area contributed by atoms with E-state index in [9.17, 15) is 18.0 Å². The lowest BCUT2D eigenvalue weighted by atomic mass is 9.96. The second kappa shape index (κ2) is 8.70. The number of carbonyl (C=O) groups is 1. The van der Waals surface area contributed by atoms with Crippen LogP contribution in [-0.2, 0) is 11.0 Å². The number of fused-ring (bicyclic) bond motifs is 1. The Morgan fingerprint density at radius 2 is 1.97 bits per heavy atom. The summed E-state index contributed by atoms with van der Waals surface area (Å²) in [4.78, 5) is 10.9. The molecule has 3 aromatic rings. The minimum atomic E-state index is -4.73. The van der Waals surface area contributed by atoms with Crippen LogP contribution in [0.1, 0.15) is 24.1 Å². The number of hydrogen-bond donors (Lipinski definition) is 2. The average molecular weight is 455 g/mol. The summed E-state index contributed by atoms with van der Waals surface area (Å²) in [6.45, 7) is 0. The van der Waals surface area contributed by atoms with Crippen LogP contribution in [0.15, 0.2) is 60.4 Å². The number of H-pyrrole nitrogens is 1. The van der Waals surface area contributed by atoms with Crippen LogP contribution in [-0.4, -0.2) is 21.3 Å². The van der Waals surface area contributed by atoms with Crippen molar-refractivity contribution in [3.8, 4) is 23.3 Å². The number of ether oxygens (including phenoxy) is 2. The number of benzene rings is 2. The Bertz CT molecular complexity index is 1320. The van der Waals surface area contributed by atoms with Gasteiger partial charge in [-0.25, -0.2) is 0 Å². The monoisotopic (exact) mass is 455 g/mol. The summed E-state index contributed by atoms with van der Waals surface area (Å²) in [5.41, 5.74) is -0.310. The molecule has 1 atom stereocenters. The third-order valence-electron chi connectivity index (χ3n) is 4.92. The SMILES string of the molecule is N#Cc1n[nH]c2ccc(Oc3ccc(OC4=CC(CC(=O)O)CC=C4)c(C(F)(F)F)c3)cc12. The van der Waals surface area contributed by atoms with Gasteiger partial charge in [0, 0.05) is 5.39 Å². The summed E-state index contributed by atoms with van der Waals surface area (Å²) >= 11 is 0. The minimum absolute atomic E-state index is 0.0760. The molecule has 0 saturated carbocycles. The lowest BCUT2D eigenvalue weighted by molar-refractivity contribution is -0.139. The Hall–Kier alpha value is -4.26. The molecule has 0 radical (unpaired) electrons. The smallest absolute Gasteiger partial charge is 0.420 e. The lowest BCUT2D eigenvalue weighted by Gasteiger charge is -2.19. The number of nitrogens with zero attached hydrogens (tertiary/aromatic N) is 2. The van der Waals surface area contributed by atoms with Gasteiger partial charge < -0.3 is 14.6 Å². The molecule has 0 fully saturated rings. The van der Waals surface area contributed by atoms with Gasteiger partial charge in [-0.05, 0) is 60.9 Å². The van der Waals surface area contributed by atoms with Crippen LogP contribution in [0, 0.1) is 17.2 Å². The molecular weight excluding hydrogens is 439 g/mol. The standard InChI is InChI=1S/C23H16F3N3O4/c24-23(25,26)18-11-16(32-15-4-6-19-17(10-15)20(12-27)29-28-19)5-7-21(18)33-14-3-1-2-13(8-14)9-22(30)31/h1,3-8,10-11,13H,2,9H2,(H,28,29)(H,30,31). The van der Waals surface area contributed by atoms with Gasteiger partial charge in [-0.15, -0.1) is 0 Å². The first-order valence-electron chi connectivity index (χ1n) is 9.78.